The van der Waals surface area contributed by atoms with Crippen LogP contribution in [0.2, 0.25) is 0 Å². The Morgan fingerprint density at radius 2 is 1.66 bits per heavy atom. The molecule has 0 aliphatic carbocycles. The summed E-state index contributed by atoms with van der Waals surface area (Å²) < 4.78 is 16.2. The monoisotopic (exact) mass is 406 g/mol. The standard InChI is InChI=1S/C20H22O9/c21-9-15-16(23)17(24)18(25)20(29-15)28-14-8-4-1-5-11(14)10-27-19(26)12-6-2-3-7-13(12)22/h1-8,15-18,20-25H,9-10H2/t15-,16-,17+,18-,20+/m1/s1. The lowest BCUT2D eigenvalue weighted by Gasteiger charge is -2.39. The van der Waals surface area contributed by atoms with Crippen molar-refractivity contribution in [3.63, 3.8) is 0 Å². The molecule has 2 aromatic rings. The highest BCUT2D eigenvalue weighted by Gasteiger charge is 2.44. The van der Waals surface area contributed by atoms with Crippen LogP contribution < -0.4 is 4.74 Å². The number of hydrogen-bond donors (Lipinski definition) is 5. The number of hydrogen-bond acceptors (Lipinski definition) is 9. The van der Waals surface area contributed by atoms with Gasteiger partial charge in [0.15, 0.2) is 0 Å². The maximum Gasteiger partial charge on any atom is 0.342 e. The summed E-state index contributed by atoms with van der Waals surface area (Å²) in [6, 6.07) is 12.5. The molecule has 0 bridgehead atoms. The molecule has 0 aromatic heterocycles. The van der Waals surface area contributed by atoms with Crippen LogP contribution in [0.4, 0.5) is 0 Å². The summed E-state index contributed by atoms with van der Waals surface area (Å²) in [6.45, 7) is -0.772. The molecule has 3 rings (SSSR count). The molecule has 9 heteroatoms. The Morgan fingerprint density at radius 3 is 2.38 bits per heavy atom. The third-order valence-corrected chi connectivity index (χ3v) is 4.55. The van der Waals surface area contributed by atoms with Crippen molar-refractivity contribution in [1.29, 1.82) is 0 Å². The van der Waals surface area contributed by atoms with Gasteiger partial charge in [-0.15, -0.1) is 0 Å². The van der Waals surface area contributed by atoms with Crippen LogP contribution in [0.1, 0.15) is 15.9 Å². The first-order valence-electron chi connectivity index (χ1n) is 8.92. The van der Waals surface area contributed by atoms with Crippen molar-refractivity contribution < 1.29 is 44.5 Å². The number of aliphatic hydroxyl groups excluding tert-OH is 4. The molecule has 2 aromatic carbocycles. The Balaban J connectivity index is 1.70. The third kappa shape index (κ3) is 4.66. The second-order valence-electron chi connectivity index (χ2n) is 6.52. The van der Waals surface area contributed by atoms with Gasteiger partial charge in [-0.05, 0) is 18.2 Å². The van der Waals surface area contributed by atoms with E-state index in [0.29, 0.717) is 5.56 Å². The molecule has 0 radical (unpaired) electrons. The largest absolute Gasteiger partial charge is 0.507 e. The van der Waals surface area contributed by atoms with Gasteiger partial charge in [0.05, 0.1) is 6.61 Å². The molecule has 1 aliphatic heterocycles. The summed E-state index contributed by atoms with van der Waals surface area (Å²) in [6.07, 6.45) is -7.10. The van der Waals surface area contributed by atoms with E-state index in [1.54, 1.807) is 36.4 Å². The lowest BCUT2D eigenvalue weighted by molar-refractivity contribution is -0.277. The van der Waals surface area contributed by atoms with Gasteiger partial charge in [0.1, 0.15) is 48.1 Å². The van der Waals surface area contributed by atoms with Crippen molar-refractivity contribution >= 4 is 5.97 Å². The smallest absolute Gasteiger partial charge is 0.342 e. The number of esters is 1. The zero-order valence-electron chi connectivity index (χ0n) is 15.3. The molecule has 5 N–H and O–H groups in total. The van der Waals surface area contributed by atoms with E-state index in [-0.39, 0.29) is 23.7 Å². The Morgan fingerprint density at radius 1 is 0.966 bits per heavy atom. The van der Waals surface area contributed by atoms with Crippen LogP contribution in [0.25, 0.3) is 0 Å². The topological polar surface area (TPSA) is 146 Å². The van der Waals surface area contributed by atoms with Crippen LogP contribution >= 0.6 is 0 Å². The van der Waals surface area contributed by atoms with Gasteiger partial charge in [-0.1, -0.05) is 30.3 Å². The van der Waals surface area contributed by atoms with Crippen molar-refractivity contribution in [3.05, 3.63) is 59.7 Å². The van der Waals surface area contributed by atoms with Crippen LogP contribution in [0.5, 0.6) is 11.5 Å². The number of para-hydroxylation sites is 2. The average molecular weight is 406 g/mol. The van der Waals surface area contributed by atoms with E-state index in [2.05, 4.69) is 0 Å². The molecule has 1 saturated heterocycles. The van der Waals surface area contributed by atoms with E-state index in [1.165, 1.54) is 12.1 Å². The van der Waals surface area contributed by atoms with Crippen molar-refractivity contribution in [2.75, 3.05) is 6.61 Å². The number of phenolic OH excluding ortho intramolecular Hbond substituents is 1. The van der Waals surface area contributed by atoms with Crippen molar-refractivity contribution in [2.24, 2.45) is 0 Å². The lowest BCUT2D eigenvalue weighted by Crippen LogP contribution is -2.60. The Bertz CT molecular complexity index is 838. The minimum atomic E-state index is -1.57. The fourth-order valence-electron chi connectivity index (χ4n) is 2.90. The predicted octanol–water partition coefficient (Wildman–Crippen LogP) is -0.0721. The summed E-state index contributed by atoms with van der Waals surface area (Å²) in [4.78, 5) is 12.2. The SMILES string of the molecule is O=C(OCc1ccccc1O[C@H]1O[C@H](CO)[C@@H](O)[C@H](O)[C@H]1O)c1ccccc1O. The number of aromatic hydroxyl groups is 1. The maximum atomic E-state index is 12.2. The van der Waals surface area contributed by atoms with Gasteiger partial charge >= 0.3 is 5.97 Å². The highest BCUT2D eigenvalue weighted by Crippen LogP contribution is 2.27. The first kappa shape index (κ1) is 21.0. The molecule has 5 atom stereocenters. The summed E-state index contributed by atoms with van der Waals surface area (Å²) >= 11 is 0. The lowest BCUT2D eigenvalue weighted by atomic mass is 9.99. The van der Waals surface area contributed by atoms with Gasteiger partial charge in [-0.2, -0.15) is 0 Å². The summed E-state index contributed by atoms with van der Waals surface area (Å²) in [5, 5.41) is 48.8. The molecular formula is C20H22O9. The molecule has 29 heavy (non-hydrogen) atoms. The number of carbonyl (C=O) groups is 1. The van der Waals surface area contributed by atoms with Crippen molar-refractivity contribution in [3.8, 4) is 11.5 Å². The first-order valence-corrected chi connectivity index (χ1v) is 8.92. The fraction of sp³-hybridized carbons (Fsp3) is 0.350. The van der Waals surface area contributed by atoms with E-state index < -0.39 is 43.3 Å². The van der Waals surface area contributed by atoms with E-state index in [1.807, 2.05) is 0 Å². The number of benzene rings is 2. The first-order chi connectivity index (χ1) is 13.9. The van der Waals surface area contributed by atoms with Gasteiger partial charge < -0.3 is 39.7 Å². The van der Waals surface area contributed by atoms with E-state index >= 15 is 0 Å². The minimum absolute atomic E-state index is 0.0137. The van der Waals surface area contributed by atoms with Gasteiger partial charge in [0, 0.05) is 5.56 Å². The second-order valence-corrected chi connectivity index (χ2v) is 6.52. The number of phenols is 1. The molecule has 1 aliphatic rings. The molecule has 0 saturated carbocycles. The van der Waals surface area contributed by atoms with E-state index in [4.69, 9.17) is 14.2 Å². The van der Waals surface area contributed by atoms with Crippen LogP contribution in [0.15, 0.2) is 48.5 Å². The molecule has 0 unspecified atom stereocenters. The summed E-state index contributed by atoms with van der Waals surface area (Å²) in [7, 11) is 0. The van der Waals surface area contributed by atoms with Gasteiger partial charge in [-0.3, -0.25) is 0 Å². The molecule has 0 amide bonds. The van der Waals surface area contributed by atoms with Gasteiger partial charge in [0.2, 0.25) is 6.29 Å². The quantitative estimate of drug-likeness (QED) is 0.416. The number of rotatable bonds is 6. The van der Waals surface area contributed by atoms with E-state index in [0.717, 1.165) is 0 Å². The summed E-state index contributed by atoms with van der Waals surface area (Å²) in [5.74, 6) is -0.726. The van der Waals surface area contributed by atoms with Crippen LogP contribution in [0.3, 0.4) is 0 Å². The number of ether oxygens (including phenoxy) is 3. The Labute approximate surface area is 166 Å². The van der Waals surface area contributed by atoms with Crippen LogP contribution in [0, 0.1) is 0 Å². The van der Waals surface area contributed by atoms with Gasteiger partial charge in [-0.25, -0.2) is 4.79 Å². The van der Waals surface area contributed by atoms with Crippen molar-refractivity contribution in [2.45, 2.75) is 37.3 Å². The Hall–Kier alpha value is -2.69. The number of aliphatic hydroxyl groups is 4. The molecule has 0 spiro atoms. The zero-order valence-corrected chi connectivity index (χ0v) is 15.3. The minimum Gasteiger partial charge on any atom is -0.507 e. The molecule has 1 heterocycles. The molecule has 9 nitrogen and oxygen atoms in total. The number of carbonyl (C=O) groups excluding carboxylic acids is 1. The normalized spacial score (nSPS) is 26.7. The molecular weight excluding hydrogens is 384 g/mol. The van der Waals surface area contributed by atoms with Crippen molar-refractivity contribution in [1.82, 2.24) is 0 Å². The highest BCUT2D eigenvalue weighted by molar-refractivity contribution is 5.92. The van der Waals surface area contributed by atoms with Gasteiger partial charge in [0.25, 0.3) is 0 Å². The zero-order chi connectivity index (χ0) is 21.0. The average Bonchev–Trinajstić information content (AvgIpc) is 2.73. The maximum absolute atomic E-state index is 12.2. The van der Waals surface area contributed by atoms with E-state index in [9.17, 15) is 30.3 Å². The summed E-state index contributed by atoms with van der Waals surface area (Å²) in [5.41, 5.74) is 0.452. The highest BCUT2D eigenvalue weighted by atomic mass is 16.7. The van der Waals surface area contributed by atoms with Crippen LogP contribution in [-0.4, -0.2) is 68.8 Å². The third-order valence-electron chi connectivity index (χ3n) is 4.55. The predicted molar refractivity (Wildman–Crippen MR) is 98.1 cm³/mol. The molecule has 156 valence electrons. The van der Waals surface area contributed by atoms with Crippen LogP contribution in [-0.2, 0) is 16.1 Å². The Kier molecular flexibility index (Phi) is 6.68. The second kappa shape index (κ2) is 9.21. The molecule has 1 fully saturated rings. The fourth-order valence-corrected chi connectivity index (χ4v) is 2.90.